The summed E-state index contributed by atoms with van der Waals surface area (Å²) in [6, 6.07) is 37.8. The molecule has 3 aromatic carbocycles. The summed E-state index contributed by atoms with van der Waals surface area (Å²) < 4.78 is 21.7. The van der Waals surface area contributed by atoms with Gasteiger partial charge in [0, 0.05) is 38.4 Å². The molecule has 103 heavy (non-hydrogen) atoms. The number of nitrogens with two attached hydrogens (primary N) is 2. The summed E-state index contributed by atoms with van der Waals surface area (Å²) in [6.07, 6.45) is -0.102. The van der Waals surface area contributed by atoms with Crippen LogP contribution in [0.4, 0.5) is 22.9 Å². The summed E-state index contributed by atoms with van der Waals surface area (Å²) >= 11 is 8.46. The van der Waals surface area contributed by atoms with Crippen LogP contribution in [0.15, 0.2) is 191 Å². The molecule has 0 unspecified atom stereocenters. The van der Waals surface area contributed by atoms with Crippen LogP contribution in [0.3, 0.4) is 0 Å². The zero-order valence-corrected chi connectivity index (χ0v) is 62.9. The quantitative estimate of drug-likeness (QED) is 0.0338. The molecule has 13 rings (SSSR count). The molecule has 0 aliphatic carbocycles. The molecule has 0 saturated carbocycles. The fraction of sp³-hybridized carbons (Fsp3) is 0.200. The molecule has 0 radical (unpaired) electrons. The van der Waals surface area contributed by atoms with Crippen molar-refractivity contribution in [3.63, 3.8) is 0 Å². The van der Waals surface area contributed by atoms with Crippen molar-refractivity contribution in [2.24, 2.45) is 33.0 Å². The number of esters is 2. The van der Waals surface area contributed by atoms with Gasteiger partial charge in [0.05, 0.1) is 60.7 Å². The number of thiophene rings is 5. The third-order valence-electron chi connectivity index (χ3n) is 13.9. The third-order valence-corrected chi connectivity index (χ3v) is 18.4. The molecule has 536 valence electrons. The molecular formula is C70H68IN11O16S5. The van der Waals surface area contributed by atoms with E-state index in [0.29, 0.717) is 52.7 Å². The number of para-hydroxylation sites is 3. The number of nitrogens with zero attached hydrogens (tertiary/aromatic N) is 6. The first-order valence-electron chi connectivity index (χ1n) is 30.5. The summed E-state index contributed by atoms with van der Waals surface area (Å²) in [4.78, 5) is 147. The van der Waals surface area contributed by atoms with Crippen LogP contribution in [0.1, 0.15) is 79.7 Å². The maximum absolute atomic E-state index is 13.3. The second-order valence-electron chi connectivity index (χ2n) is 22.0. The van der Waals surface area contributed by atoms with Gasteiger partial charge in [-0.05, 0) is 98.6 Å². The van der Waals surface area contributed by atoms with Crippen molar-refractivity contribution in [1.29, 1.82) is 5.26 Å². The topological polar surface area (TPSA) is 409 Å². The fourth-order valence-corrected chi connectivity index (χ4v) is 12.7. The van der Waals surface area contributed by atoms with Crippen molar-refractivity contribution in [3.05, 3.63) is 237 Å². The van der Waals surface area contributed by atoms with Crippen molar-refractivity contribution >= 4 is 184 Å². The standard InChI is InChI=1S/C19H17N3O2S.C15H13N3O2S.C9H8N2O.C8H14O3.C7H5NO3S.C6H3NO3S.C5H5NO2S.CH3I/c1-11(2)17-20-18-14(15(23)16-13(21(18)3)9-10-25-16)19(24)22(17)12-7-5-4-6-8-12;1-18-10-7-8-21-13(10)12(19)11(14(18)16)15(20)17-9-5-3-2-4-6-9;10-7-6-9(12)11-8-4-2-1-3-5-8;1-5(2)7(9)11-8(10)6(3)4;1-8-4-2-3-12-5(4)6(9)11-7(8)10;8-5-4-3(1-2-11-4)7-6(9)10-5;6-3-1-2-9-4(3)5(7)8;1-2/h4-11H,1-3H3;2-8H,16H2,1H3,(H,17,20);1-5H,6H2,(H,11,12);5-6H,1-4H3;2-3H,1H3;1-2H,(H,7,9);1-2H,6H2,(H,7,8);1H3. The van der Waals surface area contributed by atoms with E-state index >= 15 is 0 Å². The molecule has 0 aliphatic heterocycles. The predicted octanol–water partition coefficient (Wildman–Crippen LogP) is 11.9. The number of aromatic amines is 1. The first-order chi connectivity index (χ1) is 49.1. The maximum atomic E-state index is 13.3. The SMILES string of the molecule is CC(C)C(=O)OC(=O)C(C)C.CC(C)c1nc2c(c(=O)c3sccc3n2C)c(=O)n1-c1ccccc1.CI.Cn1c(=O)oc(=O)c2sccc21.Cn1c(N)c(C(=O)Nc2ccccc2)c(=O)c2sccc21.N#CCC(=O)Nc1ccccc1.Nc1ccsc1C(=O)O.O=c1[nH]c2ccsc2c(=O)o1. The Morgan fingerprint density at radius 2 is 1.09 bits per heavy atom. The number of pyridine rings is 2. The van der Waals surface area contributed by atoms with Gasteiger partial charge < -0.3 is 49.9 Å². The Morgan fingerprint density at radius 3 is 1.59 bits per heavy atom. The van der Waals surface area contributed by atoms with Crippen LogP contribution in [0.25, 0.3) is 57.6 Å². The largest absolute Gasteiger partial charge is 0.477 e. The summed E-state index contributed by atoms with van der Waals surface area (Å²) in [5.74, 6) is -3.59. The van der Waals surface area contributed by atoms with E-state index in [1.54, 1.807) is 128 Å². The molecule has 2 amide bonds. The van der Waals surface area contributed by atoms with E-state index in [-0.39, 0.29) is 68.1 Å². The Kier molecular flexibility index (Phi) is 30.0. The molecule has 13 aromatic rings. The smallest absolute Gasteiger partial charge is 0.422 e. The molecule has 0 saturated heterocycles. The van der Waals surface area contributed by atoms with E-state index < -0.39 is 46.6 Å². The van der Waals surface area contributed by atoms with Gasteiger partial charge in [0.25, 0.3) is 11.5 Å². The average molecular weight is 1610 g/mol. The number of carbonyl (C=O) groups excluding carboxylic acids is 4. The number of H-pyrrole nitrogens is 1. The van der Waals surface area contributed by atoms with Gasteiger partial charge in [0.15, 0.2) is 5.65 Å². The number of alkyl halides is 1. The maximum Gasteiger partial charge on any atom is 0.422 e. The lowest BCUT2D eigenvalue weighted by Crippen LogP contribution is -2.29. The normalized spacial score (nSPS) is 10.4. The second-order valence-corrected chi connectivity index (χ2v) is 26.6. The van der Waals surface area contributed by atoms with E-state index in [0.717, 1.165) is 33.7 Å². The Hall–Kier alpha value is -11.0. The molecule has 0 spiro atoms. The molecule has 0 bridgehead atoms. The van der Waals surface area contributed by atoms with Crippen molar-refractivity contribution in [3.8, 4) is 11.8 Å². The summed E-state index contributed by atoms with van der Waals surface area (Å²) in [5.41, 5.74) is 14.8. The average Bonchev–Trinajstić information content (AvgIpc) is 1.68. The van der Waals surface area contributed by atoms with Crippen LogP contribution >= 0.6 is 79.3 Å². The number of rotatable bonds is 9. The van der Waals surface area contributed by atoms with Gasteiger partial charge in [0.2, 0.25) is 16.8 Å². The highest BCUT2D eigenvalue weighted by Crippen LogP contribution is 2.25. The summed E-state index contributed by atoms with van der Waals surface area (Å²) in [7, 11) is 5.16. The highest BCUT2D eigenvalue weighted by molar-refractivity contribution is 14.1. The van der Waals surface area contributed by atoms with Crippen molar-refractivity contribution in [2.45, 2.75) is 53.9 Å². The van der Waals surface area contributed by atoms with Crippen LogP contribution in [0.2, 0.25) is 0 Å². The van der Waals surface area contributed by atoms with Gasteiger partial charge in [-0.3, -0.25) is 47.7 Å². The fourth-order valence-electron chi connectivity index (χ4n) is 8.81. The lowest BCUT2D eigenvalue weighted by molar-refractivity contribution is -0.164. The van der Waals surface area contributed by atoms with Crippen molar-refractivity contribution < 1.29 is 42.7 Å². The van der Waals surface area contributed by atoms with Crippen molar-refractivity contribution in [1.82, 2.24) is 28.2 Å². The van der Waals surface area contributed by atoms with Crippen LogP contribution in [-0.4, -0.2) is 68.0 Å². The Bertz CT molecular complexity index is 5620. The van der Waals surface area contributed by atoms with Gasteiger partial charge in [-0.15, -0.1) is 56.7 Å². The van der Waals surface area contributed by atoms with Gasteiger partial charge >= 0.3 is 40.7 Å². The molecule has 27 nitrogen and oxygen atoms in total. The van der Waals surface area contributed by atoms with Crippen LogP contribution in [0, 0.1) is 23.2 Å². The zero-order chi connectivity index (χ0) is 75.9. The lowest BCUT2D eigenvalue weighted by atomic mass is 10.1. The number of carboxylic acid groups (broad SMARTS) is 1. The number of amides is 2. The third kappa shape index (κ3) is 20.8. The number of benzene rings is 3. The number of nitriles is 1. The molecule has 10 heterocycles. The molecular weight excluding hydrogens is 1540 g/mol. The minimum absolute atomic E-state index is 0.0173. The van der Waals surface area contributed by atoms with E-state index in [4.69, 9.17) is 26.8 Å². The first kappa shape index (κ1) is 80.9. The number of carbonyl (C=O) groups is 5. The predicted molar refractivity (Wildman–Crippen MR) is 416 cm³/mol. The number of nitrogens with one attached hydrogen (secondary N) is 3. The Morgan fingerprint density at radius 1 is 0.612 bits per heavy atom. The Balaban J connectivity index is 0.000000194. The summed E-state index contributed by atoms with van der Waals surface area (Å²) in [5, 5.41) is 30.8. The van der Waals surface area contributed by atoms with Crippen molar-refractivity contribution in [2.75, 3.05) is 27.0 Å². The number of halogens is 1. The van der Waals surface area contributed by atoms with Gasteiger partial charge in [-0.25, -0.2) is 29.0 Å². The number of carboxylic acids is 1. The Labute approximate surface area is 618 Å². The number of aromatic carboxylic acids is 1. The van der Waals surface area contributed by atoms with Crippen LogP contribution < -0.4 is 61.3 Å². The molecule has 8 N–H and O–H groups in total. The number of aromatic nitrogens is 6. The number of hydrogen-bond acceptors (Lipinski definition) is 24. The number of nitrogen functional groups attached to an aromatic ring is 2. The lowest BCUT2D eigenvalue weighted by Gasteiger charge is -2.17. The second kappa shape index (κ2) is 38.1. The van der Waals surface area contributed by atoms with Gasteiger partial charge in [-0.1, -0.05) is 119 Å². The molecule has 0 aliphatic rings. The minimum atomic E-state index is -0.956. The van der Waals surface area contributed by atoms with E-state index in [9.17, 15) is 57.5 Å². The van der Waals surface area contributed by atoms with Crippen LogP contribution in [-0.2, 0) is 40.3 Å². The highest BCUT2D eigenvalue weighted by Gasteiger charge is 2.23. The zero-order valence-electron chi connectivity index (χ0n) is 56.7. The molecule has 33 heteroatoms. The first-order valence-corrected chi connectivity index (χ1v) is 37.0. The molecule has 0 atom stereocenters. The minimum Gasteiger partial charge on any atom is -0.477 e. The van der Waals surface area contributed by atoms with Crippen LogP contribution in [0.5, 0.6) is 0 Å². The van der Waals surface area contributed by atoms with Gasteiger partial charge in [0.1, 0.15) is 43.3 Å². The number of aryl methyl sites for hydroxylation is 3. The number of anilines is 4. The van der Waals surface area contributed by atoms with E-state index in [2.05, 4.69) is 51.8 Å². The number of ether oxygens (including phenoxy) is 1. The van der Waals surface area contributed by atoms with Gasteiger partial charge in [-0.2, -0.15) is 5.26 Å². The molecule has 10 aromatic heterocycles. The van der Waals surface area contributed by atoms with E-state index in [1.807, 2.05) is 108 Å². The monoisotopic (exact) mass is 1610 g/mol. The number of fused-ring (bicyclic) bond motifs is 5. The molecule has 0 fully saturated rings. The number of hydrogen-bond donors (Lipinski definition) is 6. The van der Waals surface area contributed by atoms with E-state index in [1.165, 1.54) is 49.9 Å². The highest BCUT2D eigenvalue weighted by atomic mass is 127. The summed E-state index contributed by atoms with van der Waals surface area (Å²) in [6.45, 7) is 10.8.